The van der Waals surface area contributed by atoms with Crippen molar-refractivity contribution in [3.8, 4) is 0 Å². The van der Waals surface area contributed by atoms with Gasteiger partial charge in [0.1, 0.15) is 0 Å². The first-order valence-electron chi connectivity index (χ1n) is 5.48. The normalized spacial score (nSPS) is 17.9. The van der Waals surface area contributed by atoms with Crippen LogP contribution in [0.15, 0.2) is 29.6 Å². The molecule has 1 aromatic heterocycles. The second-order valence-electron chi connectivity index (χ2n) is 4.13. The smallest absolute Gasteiger partial charge is 0.0893 e. The zero-order valence-corrected chi connectivity index (χ0v) is 9.70. The third-order valence-electron chi connectivity index (χ3n) is 3.06. The standard InChI is InChI=1S/C12H13N3S/c1-2-4-12-9(3-1)5-10(12)6-13-7-11-8-16-15-14-11/h1-4,8,10,13H,5-7H2. The van der Waals surface area contributed by atoms with Crippen molar-refractivity contribution in [2.24, 2.45) is 0 Å². The molecule has 0 amide bonds. The predicted octanol–water partition coefficient (Wildman–Crippen LogP) is 1.97. The molecule has 2 aromatic rings. The number of hydrogen-bond donors (Lipinski definition) is 1. The summed E-state index contributed by atoms with van der Waals surface area (Å²) >= 11 is 1.41. The molecule has 1 aliphatic rings. The van der Waals surface area contributed by atoms with Crippen LogP contribution in [0.25, 0.3) is 0 Å². The highest BCUT2D eigenvalue weighted by Crippen LogP contribution is 2.33. The molecule has 1 atom stereocenters. The van der Waals surface area contributed by atoms with Gasteiger partial charge in [0.15, 0.2) is 0 Å². The fraction of sp³-hybridized carbons (Fsp3) is 0.333. The highest BCUT2D eigenvalue weighted by atomic mass is 32.1. The summed E-state index contributed by atoms with van der Waals surface area (Å²) in [5.41, 5.74) is 4.05. The van der Waals surface area contributed by atoms with Crippen LogP contribution in [0.3, 0.4) is 0 Å². The molecule has 0 radical (unpaired) electrons. The van der Waals surface area contributed by atoms with Crippen LogP contribution in [-0.2, 0) is 13.0 Å². The molecule has 0 spiro atoms. The van der Waals surface area contributed by atoms with Crippen LogP contribution in [0, 0.1) is 0 Å². The maximum absolute atomic E-state index is 4.01. The van der Waals surface area contributed by atoms with Crippen molar-refractivity contribution in [1.29, 1.82) is 0 Å². The van der Waals surface area contributed by atoms with E-state index in [1.54, 1.807) is 0 Å². The van der Waals surface area contributed by atoms with E-state index in [-0.39, 0.29) is 0 Å². The van der Waals surface area contributed by atoms with E-state index in [4.69, 9.17) is 0 Å². The number of nitrogens with zero attached hydrogens (tertiary/aromatic N) is 2. The van der Waals surface area contributed by atoms with Gasteiger partial charge in [0, 0.05) is 24.4 Å². The summed E-state index contributed by atoms with van der Waals surface area (Å²) in [7, 11) is 0. The minimum absolute atomic E-state index is 0.683. The quantitative estimate of drug-likeness (QED) is 0.874. The van der Waals surface area contributed by atoms with Gasteiger partial charge in [-0.2, -0.15) is 0 Å². The first kappa shape index (κ1) is 9.93. The second kappa shape index (κ2) is 4.31. The predicted molar refractivity (Wildman–Crippen MR) is 64.5 cm³/mol. The lowest BCUT2D eigenvalue weighted by Crippen LogP contribution is -2.28. The monoisotopic (exact) mass is 231 g/mol. The summed E-state index contributed by atoms with van der Waals surface area (Å²) < 4.78 is 3.84. The number of benzene rings is 1. The van der Waals surface area contributed by atoms with Gasteiger partial charge in [-0.1, -0.05) is 28.8 Å². The molecule has 0 saturated carbocycles. The number of fused-ring (bicyclic) bond motifs is 1. The van der Waals surface area contributed by atoms with Crippen molar-refractivity contribution in [2.45, 2.75) is 18.9 Å². The van der Waals surface area contributed by atoms with Crippen LogP contribution in [0.1, 0.15) is 22.7 Å². The zero-order valence-electron chi connectivity index (χ0n) is 8.89. The Morgan fingerprint density at radius 1 is 1.38 bits per heavy atom. The Morgan fingerprint density at radius 2 is 2.31 bits per heavy atom. The van der Waals surface area contributed by atoms with Crippen LogP contribution >= 0.6 is 11.5 Å². The molecule has 0 fully saturated rings. The summed E-state index contributed by atoms with van der Waals surface area (Å²) in [5.74, 6) is 0.683. The molecule has 3 nitrogen and oxygen atoms in total. The van der Waals surface area contributed by atoms with Gasteiger partial charge < -0.3 is 5.32 Å². The van der Waals surface area contributed by atoms with E-state index in [1.165, 1.54) is 29.1 Å². The summed E-state index contributed by atoms with van der Waals surface area (Å²) in [4.78, 5) is 0. The summed E-state index contributed by atoms with van der Waals surface area (Å²) in [5, 5.41) is 9.43. The van der Waals surface area contributed by atoms with Crippen LogP contribution in [0.2, 0.25) is 0 Å². The summed E-state index contributed by atoms with van der Waals surface area (Å²) in [6.45, 7) is 1.86. The van der Waals surface area contributed by atoms with Crippen molar-refractivity contribution in [1.82, 2.24) is 14.9 Å². The van der Waals surface area contributed by atoms with E-state index < -0.39 is 0 Å². The molecule has 82 valence electrons. The van der Waals surface area contributed by atoms with Crippen LogP contribution in [-0.4, -0.2) is 16.1 Å². The average molecular weight is 231 g/mol. The Labute approximate surface area is 98.7 Å². The lowest BCUT2D eigenvalue weighted by Gasteiger charge is -2.30. The van der Waals surface area contributed by atoms with Crippen LogP contribution in [0.5, 0.6) is 0 Å². The fourth-order valence-corrected chi connectivity index (χ4v) is 2.63. The minimum Gasteiger partial charge on any atom is -0.310 e. The van der Waals surface area contributed by atoms with Crippen molar-refractivity contribution in [3.05, 3.63) is 46.5 Å². The van der Waals surface area contributed by atoms with Gasteiger partial charge >= 0.3 is 0 Å². The van der Waals surface area contributed by atoms with Crippen molar-refractivity contribution >= 4 is 11.5 Å². The molecule has 1 aliphatic carbocycles. The first-order chi connectivity index (χ1) is 7.93. The number of rotatable bonds is 4. The van der Waals surface area contributed by atoms with E-state index in [1.807, 2.05) is 5.38 Å². The fourth-order valence-electron chi connectivity index (χ4n) is 2.18. The van der Waals surface area contributed by atoms with Gasteiger partial charge in [0.25, 0.3) is 0 Å². The van der Waals surface area contributed by atoms with Crippen molar-refractivity contribution < 1.29 is 0 Å². The molecule has 0 aliphatic heterocycles. The molecule has 1 aromatic carbocycles. The van der Waals surface area contributed by atoms with Crippen LogP contribution in [0.4, 0.5) is 0 Å². The maximum atomic E-state index is 4.01. The maximum Gasteiger partial charge on any atom is 0.0893 e. The molecule has 1 heterocycles. The SMILES string of the molecule is c1ccc2c(c1)CC2CNCc1csnn1. The molecular formula is C12H13N3S. The molecule has 3 rings (SSSR count). The Morgan fingerprint density at radius 3 is 3.12 bits per heavy atom. The van der Waals surface area contributed by atoms with Gasteiger partial charge in [-0.3, -0.25) is 0 Å². The van der Waals surface area contributed by atoms with E-state index >= 15 is 0 Å². The molecule has 0 bridgehead atoms. The topological polar surface area (TPSA) is 37.8 Å². The van der Waals surface area contributed by atoms with Gasteiger partial charge in [-0.15, -0.1) is 5.10 Å². The molecule has 4 heteroatoms. The molecule has 0 saturated heterocycles. The Balaban J connectivity index is 1.52. The van der Waals surface area contributed by atoms with Gasteiger partial charge in [-0.05, 0) is 29.1 Å². The zero-order chi connectivity index (χ0) is 10.8. The lowest BCUT2D eigenvalue weighted by molar-refractivity contribution is 0.532. The average Bonchev–Trinajstić information content (AvgIpc) is 2.77. The van der Waals surface area contributed by atoms with E-state index in [2.05, 4.69) is 39.2 Å². The lowest BCUT2D eigenvalue weighted by atomic mass is 9.77. The highest BCUT2D eigenvalue weighted by molar-refractivity contribution is 7.03. The largest absolute Gasteiger partial charge is 0.310 e. The van der Waals surface area contributed by atoms with Crippen LogP contribution < -0.4 is 5.32 Å². The van der Waals surface area contributed by atoms with Gasteiger partial charge in [0.2, 0.25) is 0 Å². The van der Waals surface area contributed by atoms with Crippen molar-refractivity contribution in [2.75, 3.05) is 6.54 Å². The highest BCUT2D eigenvalue weighted by Gasteiger charge is 2.24. The van der Waals surface area contributed by atoms with Crippen molar-refractivity contribution in [3.63, 3.8) is 0 Å². The minimum atomic E-state index is 0.683. The molecule has 16 heavy (non-hydrogen) atoms. The van der Waals surface area contributed by atoms with E-state index in [0.29, 0.717) is 5.92 Å². The Kier molecular flexibility index (Phi) is 2.68. The number of hydrogen-bond acceptors (Lipinski definition) is 4. The third-order valence-corrected chi connectivity index (χ3v) is 3.62. The Bertz CT molecular complexity index is 467. The number of nitrogens with one attached hydrogen (secondary N) is 1. The first-order valence-corrected chi connectivity index (χ1v) is 6.31. The van der Waals surface area contributed by atoms with E-state index in [9.17, 15) is 0 Å². The molecule has 1 N–H and O–H groups in total. The Hall–Kier alpha value is -1.26. The molecular weight excluding hydrogens is 218 g/mol. The molecule has 1 unspecified atom stereocenters. The summed E-state index contributed by atoms with van der Waals surface area (Å²) in [6, 6.07) is 8.69. The number of aromatic nitrogens is 2. The second-order valence-corrected chi connectivity index (χ2v) is 4.74. The van der Waals surface area contributed by atoms with E-state index in [0.717, 1.165) is 18.8 Å². The summed E-state index contributed by atoms with van der Waals surface area (Å²) in [6.07, 6.45) is 1.21. The van der Waals surface area contributed by atoms with Gasteiger partial charge in [-0.25, -0.2) is 0 Å². The van der Waals surface area contributed by atoms with Gasteiger partial charge in [0.05, 0.1) is 5.69 Å². The third kappa shape index (κ3) is 1.86.